The third kappa shape index (κ3) is 4.47. The first kappa shape index (κ1) is 21.1. The molecule has 1 aliphatic heterocycles. The zero-order valence-electron chi connectivity index (χ0n) is 16.7. The highest BCUT2D eigenvalue weighted by Gasteiger charge is 2.31. The Labute approximate surface area is 186 Å². The van der Waals surface area contributed by atoms with Gasteiger partial charge >= 0.3 is 0 Å². The summed E-state index contributed by atoms with van der Waals surface area (Å²) in [4.78, 5) is 14.6. The molecule has 0 spiro atoms. The number of amidine groups is 1. The van der Waals surface area contributed by atoms with Crippen LogP contribution in [0.4, 0.5) is 0 Å². The van der Waals surface area contributed by atoms with Gasteiger partial charge in [-0.25, -0.2) is 0 Å². The van der Waals surface area contributed by atoms with Crippen LogP contribution in [0.3, 0.4) is 0 Å². The van der Waals surface area contributed by atoms with Crippen molar-refractivity contribution in [2.24, 2.45) is 4.40 Å². The van der Waals surface area contributed by atoms with Gasteiger partial charge in [0.05, 0.1) is 12.6 Å². The summed E-state index contributed by atoms with van der Waals surface area (Å²) in [5, 5.41) is 3.61. The largest absolute Gasteiger partial charge is 0.349 e. The molecule has 1 N–H and O–H groups in total. The molecule has 1 aliphatic rings. The zero-order chi connectivity index (χ0) is 22.0. The highest BCUT2D eigenvalue weighted by molar-refractivity contribution is 7.90. The molecule has 0 fully saturated rings. The maximum Gasteiger partial charge on any atom is 0.285 e. The Hall–Kier alpha value is -3.16. The predicted molar refractivity (Wildman–Crippen MR) is 121 cm³/mol. The summed E-state index contributed by atoms with van der Waals surface area (Å²) in [5.74, 6) is -0.0226. The molecule has 4 rings (SSSR count). The second kappa shape index (κ2) is 8.53. The van der Waals surface area contributed by atoms with Crippen LogP contribution < -0.4 is 5.32 Å². The van der Waals surface area contributed by atoms with Crippen LogP contribution in [0.2, 0.25) is 5.02 Å². The molecule has 3 aromatic carbocycles. The average molecular weight is 454 g/mol. The van der Waals surface area contributed by atoms with E-state index >= 15 is 0 Å². The van der Waals surface area contributed by atoms with Crippen molar-refractivity contribution in [1.82, 2.24) is 10.2 Å². The van der Waals surface area contributed by atoms with E-state index < -0.39 is 16.1 Å². The molecule has 3 aromatic rings. The van der Waals surface area contributed by atoms with Gasteiger partial charge in [0.25, 0.3) is 10.0 Å². The van der Waals surface area contributed by atoms with E-state index in [0.717, 1.165) is 11.1 Å². The molecular formula is C23H20ClN3O3S. The monoisotopic (exact) mass is 453 g/mol. The topological polar surface area (TPSA) is 78.8 Å². The quantitative estimate of drug-likeness (QED) is 0.639. The van der Waals surface area contributed by atoms with Crippen LogP contribution in [-0.2, 0) is 14.8 Å². The SMILES string of the molecule is CN(CC(=O)NC(c1ccccc1)c1cccc(Cl)c1)C1=NS(=O)(=O)c2ccccc21. The average Bonchev–Trinajstić information content (AvgIpc) is 3.04. The fourth-order valence-electron chi connectivity index (χ4n) is 3.55. The molecule has 6 nitrogen and oxygen atoms in total. The number of hydrogen-bond acceptors (Lipinski definition) is 4. The van der Waals surface area contributed by atoms with Crippen LogP contribution in [-0.4, -0.2) is 38.7 Å². The Kier molecular flexibility index (Phi) is 5.80. The van der Waals surface area contributed by atoms with E-state index in [-0.39, 0.29) is 23.2 Å². The summed E-state index contributed by atoms with van der Waals surface area (Å²) < 4.78 is 28.5. The van der Waals surface area contributed by atoms with Crippen LogP contribution >= 0.6 is 11.6 Å². The van der Waals surface area contributed by atoms with Crippen LogP contribution in [0.15, 0.2) is 88.2 Å². The van der Waals surface area contributed by atoms with E-state index in [0.29, 0.717) is 10.6 Å². The molecule has 0 bridgehead atoms. The molecule has 1 atom stereocenters. The van der Waals surface area contributed by atoms with Gasteiger partial charge in [0.15, 0.2) is 5.84 Å². The number of carbonyl (C=O) groups is 1. The standard InChI is InChI=1S/C23H20ClN3O3S/c1-27(23-19-12-5-6-13-20(19)31(29,30)26-23)15-21(28)25-22(16-8-3-2-4-9-16)17-10-7-11-18(24)14-17/h2-14,22H,15H2,1H3,(H,25,28). The number of amides is 1. The Morgan fingerprint density at radius 3 is 2.42 bits per heavy atom. The first-order valence-corrected chi connectivity index (χ1v) is 11.4. The van der Waals surface area contributed by atoms with E-state index in [4.69, 9.17) is 11.6 Å². The lowest BCUT2D eigenvalue weighted by Crippen LogP contribution is -2.40. The van der Waals surface area contributed by atoms with Gasteiger partial charge in [0, 0.05) is 17.6 Å². The van der Waals surface area contributed by atoms with Crippen molar-refractivity contribution in [2.75, 3.05) is 13.6 Å². The van der Waals surface area contributed by atoms with E-state index in [2.05, 4.69) is 9.71 Å². The molecule has 31 heavy (non-hydrogen) atoms. The normalized spacial score (nSPS) is 15.0. The Bertz CT molecular complexity index is 1260. The third-order valence-electron chi connectivity index (χ3n) is 4.98. The Morgan fingerprint density at radius 2 is 1.68 bits per heavy atom. The van der Waals surface area contributed by atoms with E-state index in [9.17, 15) is 13.2 Å². The van der Waals surface area contributed by atoms with Crippen LogP contribution in [0, 0.1) is 0 Å². The van der Waals surface area contributed by atoms with Gasteiger partial charge in [0.1, 0.15) is 4.90 Å². The van der Waals surface area contributed by atoms with Crippen molar-refractivity contribution in [2.45, 2.75) is 10.9 Å². The molecule has 158 valence electrons. The molecule has 0 aliphatic carbocycles. The lowest BCUT2D eigenvalue weighted by Gasteiger charge is -2.23. The summed E-state index contributed by atoms with van der Waals surface area (Å²) in [5.41, 5.74) is 2.25. The smallest absolute Gasteiger partial charge is 0.285 e. The number of fused-ring (bicyclic) bond motifs is 1. The van der Waals surface area contributed by atoms with Gasteiger partial charge in [-0.15, -0.1) is 4.40 Å². The van der Waals surface area contributed by atoms with Crippen LogP contribution in [0.5, 0.6) is 0 Å². The maximum atomic E-state index is 12.9. The summed E-state index contributed by atoms with van der Waals surface area (Å²) in [7, 11) is -2.10. The minimum Gasteiger partial charge on any atom is -0.349 e. The lowest BCUT2D eigenvalue weighted by molar-refractivity contribution is -0.121. The molecule has 1 amide bonds. The fraction of sp³-hybridized carbons (Fsp3) is 0.130. The number of halogens is 1. The van der Waals surface area contributed by atoms with Crippen molar-refractivity contribution in [3.8, 4) is 0 Å². The Morgan fingerprint density at radius 1 is 1.00 bits per heavy atom. The number of hydrogen-bond donors (Lipinski definition) is 1. The van der Waals surface area contributed by atoms with E-state index in [1.165, 1.54) is 6.07 Å². The fourth-order valence-corrected chi connectivity index (χ4v) is 5.00. The van der Waals surface area contributed by atoms with E-state index in [1.807, 2.05) is 48.5 Å². The molecule has 0 saturated carbocycles. The van der Waals surface area contributed by atoms with Crippen molar-refractivity contribution in [1.29, 1.82) is 0 Å². The summed E-state index contributed by atoms with van der Waals surface area (Å²) in [6, 6.07) is 23.1. The van der Waals surface area contributed by atoms with Crippen molar-refractivity contribution < 1.29 is 13.2 Å². The number of benzene rings is 3. The van der Waals surface area contributed by atoms with Gasteiger partial charge < -0.3 is 10.2 Å². The molecule has 8 heteroatoms. The van der Waals surface area contributed by atoms with E-state index in [1.54, 1.807) is 36.2 Å². The maximum absolute atomic E-state index is 12.9. The molecule has 1 unspecified atom stereocenters. The van der Waals surface area contributed by atoms with Crippen molar-refractivity contribution in [3.63, 3.8) is 0 Å². The number of nitrogens with one attached hydrogen (secondary N) is 1. The number of carbonyl (C=O) groups excluding carboxylic acids is 1. The minimum absolute atomic E-state index is 0.0629. The number of likely N-dealkylation sites (N-methyl/N-ethyl adjacent to an activating group) is 1. The van der Waals surface area contributed by atoms with Crippen molar-refractivity contribution in [3.05, 3.63) is 101 Å². The molecular weight excluding hydrogens is 434 g/mol. The number of sulfonamides is 1. The minimum atomic E-state index is -3.75. The highest BCUT2D eigenvalue weighted by Crippen LogP contribution is 2.27. The number of rotatable bonds is 5. The zero-order valence-corrected chi connectivity index (χ0v) is 18.3. The van der Waals surface area contributed by atoms with Crippen LogP contribution in [0.25, 0.3) is 0 Å². The second-order valence-corrected chi connectivity index (χ2v) is 9.22. The summed E-state index contributed by atoms with van der Waals surface area (Å²) in [6.07, 6.45) is 0. The summed E-state index contributed by atoms with van der Waals surface area (Å²) >= 11 is 6.16. The number of nitrogens with zero attached hydrogens (tertiary/aromatic N) is 2. The highest BCUT2D eigenvalue weighted by atomic mass is 35.5. The Balaban J connectivity index is 1.56. The van der Waals surface area contributed by atoms with Gasteiger partial charge in [-0.05, 0) is 35.4 Å². The van der Waals surface area contributed by atoms with Gasteiger partial charge in [0.2, 0.25) is 5.91 Å². The van der Waals surface area contributed by atoms with Crippen LogP contribution in [0.1, 0.15) is 22.7 Å². The van der Waals surface area contributed by atoms with Gasteiger partial charge in [-0.2, -0.15) is 8.42 Å². The third-order valence-corrected chi connectivity index (χ3v) is 6.54. The molecule has 1 heterocycles. The molecule has 0 saturated heterocycles. The van der Waals surface area contributed by atoms with Crippen molar-refractivity contribution >= 4 is 33.4 Å². The predicted octanol–water partition coefficient (Wildman–Crippen LogP) is 3.63. The second-order valence-electron chi connectivity index (χ2n) is 7.21. The molecule has 0 radical (unpaired) electrons. The first-order chi connectivity index (χ1) is 14.8. The lowest BCUT2D eigenvalue weighted by atomic mass is 9.98. The molecule has 0 aromatic heterocycles. The van der Waals surface area contributed by atoms with Gasteiger partial charge in [-0.1, -0.05) is 66.2 Å². The first-order valence-electron chi connectivity index (χ1n) is 9.60. The van der Waals surface area contributed by atoms with Gasteiger partial charge in [-0.3, -0.25) is 4.79 Å². The summed E-state index contributed by atoms with van der Waals surface area (Å²) in [6.45, 7) is -0.0629.